The SMILES string of the molecule is O=C(NC[C@@H]1CCN(Cc2ccccc2F)C1)c1ccncc1Cl. The van der Waals surface area contributed by atoms with Gasteiger partial charge in [-0.3, -0.25) is 14.7 Å². The Kier molecular flexibility index (Phi) is 5.43. The highest BCUT2D eigenvalue weighted by Gasteiger charge is 2.24. The zero-order valence-electron chi connectivity index (χ0n) is 13.2. The fraction of sp³-hybridized carbons (Fsp3) is 0.333. The number of benzene rings is 1. The lowest BCUT2D eigenvalue weighted by Gasteiger charge is -2.17. The molecule has 0 bridgehead atoms. The van der Waals surface area contributed by atoms with Crippen molar-refractivity contribution in [2.45, 2.75) is 13.0 Å². The summed E-state index contributed by atoms with van der Waals surface area (Å²) in [5, 5.41) is 3.28. The summed E-state index contributed by atoms with van der Waals surface area (Å²) in [4.78, 5) is 18.2. The molecular formula is C18H19ClFN3O. The highest BCUT2D eigenvalue weighted by molar-refractivity contribution is 6.33. The number of nitrogens with one attached hydrogen (secondary N) is 1. The number of rotatable bonds is 5. The monoisotopic (exact) mass is 347 g/mol. The molecule has 1 saturated heterocycles. The van der Waals surface area contributed by atoms with E-state index in [1.54, 1.807) is 18.3 Å². The first kappa shape index (κ1) is 16.9. The summed E-state index contributed by atoms with van der Waals surface area (Å²) in [5.41, 5.74) is 1.15. The van der Waals surface area contributed by atoms with Crippen LogP contribution in [0.5, 0.6) is 0 Å². The van der Waals surface area contributed by atoms with Gasteiger partial charge in [0.15, 0.2) is 0 Å². The molecule has 1 aliphatic heterocycles. The van der Waals surface area contributed by atoms with Gasteiger partial charge in [-0.05, 0) is 31.0 Å². The van der Waals surface area contributed by atoms with Gasteiger partial charge in [0.05, 0.1) is 10.6 Å². The molecule has 0 spiro atoms. The average Bonchev–Trinajstić information content (AvgIpc) is 3.03. The normalized spacial score (nSPS) is 17.8. The van der Waals surface area contributed by atoms with Crippen LogP contribution in [0.1, 0.15) is 22.3 Å². The van der Waals surface area contributed by atoms with Crippen molar-refractivity contribution in [2.75, 3.05) is 19.6 Å². The Labute approximate surface area is 145 Å². The van der Waals surface area contributed by atoms with Crippen molar-refractivity contribution < 1.29 is 9.18 Å². The number of carbonyl (C=O) groups excluding carboxylic acids is 1. The highest BCUT2D eigenvalue weighted by atomic mass is 35.5. The summed E-state index contributed by atoms with van der Waals surface area (Å²) in [6.45, 7) is 2.95. The van der Waals surface area contributed by atoms with E-state index < -0.39 is 0 Å². The van der Waals surface area contributed by atoms with Crippen LogP contribution in [0, 0.1) is 11.7 Å². The predicted octanol–water partition coefficient (Wildman–Crippen LogP) is 3.13. The molecule has 1 fully saturated rings. The minimum atomic E-state index is -0.185. The van der Waals surface area contributed by atoms with Crippen molar-refractivity contribution in [1.29, 1.82) is 0 Å². The first-order chi connectivity index (χ1) is 11.6. The second-order valence-corrected chi connectivity index (χ2v) is 6.45. The highest BCUT2D eigenvalue weighted by Crippen LogP contribution is 2.20. The van der Waals surface area contributed by atoms with E-state index in [0.29, 0.717) is 35.2 Å². The third kappa shape index (κ3) is 4.10. The minimum Gasteiger partial charge on any atom is -0.352 e. The van der Waals surface area contributed by atoms with Gasteiger partial charge in [0.1, 0.15) is 5.82 Å². The molecule has 2 aromatic rings. The van der Waals surface area contributed by atoms with Crippen molar-refractivity contribution >= 4 is 17.5 Å². The van der Waals surface area contributed by atoms with Gasteiger partial charge in [-0.25, -0.2) is 4.39 Å². The van der Waals surface area contributed by atoms with E-state index in [4.69, 9.17) is 11.6 Å². The predicted molar refractivity (Wildman–Crippen MR) is 91.4 cm³/mol. The van der Waals surface area contributed by atoms with Gasteiger partial charge >= 0.3 is 0 Å². The second-order valence-electron chi connectivity index (χ2n) is 6.05. The fourth-order valence-corrected chi connectivity index (χ4v) is 3.19. The minimum absolute atomic E-state index is 0.165. The Bertz CT molecular complexity index is 725. The molecular weight excluding hydrogens is 329 g/mol. The molecule has 1 aromatic heterocycles. The maximum Gasteiger partial charge on any atom is 0.252 e. The van der Waals surface area contributed by atoms with Crippen LogP contribution in [-0.4, -0.2) is 35.4 Å². The molecule has 0 saturated carbocycles. The van der Waals surface area contributed by atoms with Crippen LogP contribution in [0.4, 0.5) is 4.39 Å². The quantitative estimate of drug-likeness (QED) is 0.903. The second kappa shape index (κ2) is 7.73. The van der Waals surface area contributed by atoms with E-state index in [9.17, 15) is 9.18 Å². The number of aromatic nitrogens is 1. The van der Waals surface area contributed by atoms with Gasteiger partial charge in [-0.15, -0.1) is 0 Å². The first-order valence-electron chi connectivity index (χ1n) is 7.97. The molecule has 1 aromatic carbocycles. The summed E-state index contributed by atoms with van der Waals surface area (Å²) in [7, 11) is 0. The van der Waals surface area contributed by atoms with Gasteiger partial charge in [0.25, 0.3) is 5.91 Å². The maximum absolute atomic E-state index is 13.7. The molecule has 1 aliphatic rings. The molecule has 3 rings (SSSR count). The van der Waals surface area contributed by atoms with Crippen LogP contribution >= 0.6 is 11.6 Å². The lowest BCUT2D eigenvalue weighted by atomic mass is 10.1. The topological polar surface area (TPSA) is 45.2 Å². The van der Waals surface area contributed by atoms with E-state index >= 15 is 0 Å². The standard InChI is InChI=1S/C18H19ClFN3O/c19-16-10-21-7-5-15(16)18(24)22-9-13-6-8-23(11-13)12-14-3-1-2-4-17(14)20/h1-5,7,10,13H,6,8-9,11-12H2,(H,22,24)/t13-/m0/s1. The van der Waals surface area contributed by atoms with E-state index in [-0.39, 0.29) is 11.7 Å². The van der Waals surface area contributed by atoms with E-state index in [2.05, 4.69) is 15.2 Å². The lowest BCUT2D eigenvalue weighted by molar-refractivity contribution is 0.0947. The van der Waals surface area contributed by atoms with Crippen molar-refractivity contribution in [3.05, 3.63) is 64.7 Å². The van der Waals surface area contributed by atoms with E-state index in [0.717, 1.165) is 19.5 Å². The Morgan fingerprint density at radius 1 is 1.38 bits per heavy atom. The van der Waals surface area contributed by atoms with Crippen molar-refractivity contribution in [3.8, 4) is 0 Å². The van der Waals surface area contributed by atoms with Crippen LogP contribution in [0.3, 0.4) is 0 Å². The lowest BCUT2D eigenvalue weighted by Crippen LogP contribution is -2.31. The average molecular weight is 348 g/mol. The van der Waals surface area contributed by atoms with Crippen LogP contribution in [0.2, 0.25) is 5.02 Å². The number of amides is 1. The summed E-state index contributed by atoms with van der Waals surface area (Å²) >= 11 is 5.98. The molecule has 2 heterocycles. The number of pyridine rings is 1. The number of likely N-dealkylation sites (tertiary alicyclic amines) is 1. The molecule has 0 unspecified atom stereocenters. The molecule has 126 valence electrons. The van der Waals surface area contributed by atoms with Crippen LogP contribution in [0.15, 0.2) is 42.7 Å². The van der Waals surface area contributed by atoms with Gasteiger partial charge < -0.3 is 5.32 Å². The smallest absolute Gasteiger partial charge is 0.252 e. The number of hydrogen-bond donors (Lipinski definition) is 1. The summed E-state index contributed by atoms with van der Waals surface area (Å²) < 4.78 is 13.7. The fourth-order valence-electron chi connectivity index (χ4n) is 2.98. The van der Waals surface area contributed by atoms with E-state index in [1.807, 2.05) is 12.1 Å². The van der Waals surface area contributed by atoms with Gasteiger partial charge in [-0.1, -0.05) is 29.8 Å². The van der Waals surface area contributed by atoms with Gasteiger partial charge in [0.2, 0.25) is 0 Å². The third-order valence-corrected chi connectivity index (χ3v) is 4.59. The Morgan fingerprint density at radius 3 is 3.00 bits per heavy atom. The van der Waals surface area contributed by atoms with E-state index in [1.165, 1.54) is 12.3 Å². The zero-order valence-corrected chi connectivity index (χ0v) is 14.0. The summed E-state index contributed by atoms with van der Waals surface area (Å²) in [6, 6.07) is 8.46. The zero-order chi connectivity index (χ0) is 16.9. The molecule has 0 aliphatic carbocycles. The van der Waals surface area contributed by atoms with Crippen LogP contribution < -0.4 is 5.32 Å². The summed E-state index contributed by atoms with van der Waals surface area (Å²) in [6.07, 6.45) is 3.99. The first-order valence-corrected chi connectivity index (χ1v) is 8.35. The molecule has 6 heteroatoms. The number of halogens is 2. The van der Waals surface area contributed by atoms with Crippen molar-refractivity contribution in [3.63, 3.8) is 0 Å². The van der Waals surface area contributed by atoms with Gasteiger partial charge in [0, 0.05) is 37.6 Å². The third-order valence-electron chi connectivity index (χ3n) is 4.29. The number of hydrogen-bond acceptors (Lipinski definition) is 3. The Balaban J connectivity index is 1.49. The molecule has 24 heavy (non-hydrogen) atoms. The number of nitrogens with zero attached hydrogens (tertiary/aromatic N) is 2. The van der Waals surface area contributed by atoms with Crippen LogP contribution in [0.25, 0.3) is 0 Å². The van der Waals surface area contributed by atoms with Crippen LogP contribution in [-0.2, 0) is 6.54 Å². The Morgan fingerprint density at radius 2 is 2.21 bits per heavy atom. The molecule has 1 N–H and O–H groups in total. The maximum atomic E-state index is 13.7. The number of carbonyl (C=O) groups is 1. The van der Waals surface area contributed by atoms with Crippen molar-refractivity contribution in [2.24, 2.45) is 5.92 Å². The van der Waals surface area contributed by atoms with Crippen molar-refractivity contribution in [1.82, 2.24) is 15.2 Å². The molecule has 1 amide bonds. The molecule has 4 nitrogen and oxygen atoms in total. The molecule has 0 radical (unpaired) electrons. The van der Waals surface area contributed by atoms with Gasteiger partial charge in [-0.2, -0.15) is 0 Å². The molecule has 1 atom stereocenters. The Hall–Kier alpha value is -1.98. The summed E-state index contributed by atoms with van der Waals surface area (Å²) in [5.74, 6) is 0.0119. The largest absolute Gasteiger partial charge is 0.352 e.